The molecule has 0 radical (unpaired) electrons. The first-order valence-corrected chi connectivity index (χ1v) is 7.73. The summed E-state index contributed by atoms with van der Waals surface area (Å²) in [6.07, 6.45) is 0.366. The minimum absolute atomic E-state index is 0. The van der Waals surface area contributed by atoms with Crippen LogP contribution in [0.15, 0.2) is 18.2 Å². The number of nitrogens with one attached hydrogen (secondary N) is 2. The van der Waals surface area contributed by atoms with Crippen LogP contribution in [0.1, 0.15) is 20.3 Å². The first-order valence-electron chi connectivity index (χ1n) is 7.73. The van der Waals surface area contributed by atoms with E-state index in [1.54, 1.807) is 6.07 Å². The molecule has 2 rings (SSSR count). The van der Waals surface area contributed by atoms with Crippen LogP contribution < -0.4 is 20.1 Å². The largest absolute Gasteiger partial charge is 0.494 e. The van der Waals surface area contributed by atoms with Gasteiger partial charge in [-0.15, -0.1) is 12.4 Å². The van der Waals surface area contributed by atoms with Crippen molar-refractivity contribution in [1.29, 1.82) is 0 Å². The lowest BCUT2D eigenvalue weighted by Crippen LogP contribution is -2.43. The van der Waals surface area contributed by atoms with Crippen LogP contribution >= 0.6 is 12.4 Å². The Hall–Kier alpha value is -1.50. The number of morpholine rings is 1. The van der Waals surface area contributed by atoms with E-state index in [0.717, 1.165) is 6.54 Å². The Kier molecular flexibility index (Phi) is 8.76. The lowest BCUT2D eigenvalue weighted by Gasteiger charge is -2.23. The fourth-order valence-electron chi connectivity index (χ4n) is 2.32. The van der Waals surface area contributed by atoms with Crippen molar-refractivity contribution in [2.75, 3.05) is 38.3 Å². The molecule has 7 heteroatoms. The molecule has 6 nitrogen and oxygen atoms in total. The Morgan fingerprint density at radius 3 is 2.78 bits per heavy atom. The maximum atomic E-state index is 12.2. The van der Waals surface area contributed by atoms with E-state index in [2.05, 4.69) is 10.6 Å². The van der Waals surface area contributed by atoms with Crippen molar-refractivity contribution in [3.05, 3.63) is 18.2 Å². The number of anilines is 1. The summed E-state index contributed by atoms with van der Waals surface area (Å²) >= 11 is 0. The number of hydrogen-bond donors (Lipinski definition) is 2. The van der Waals surface area contributed by atoms with Crippen molar-refractivity contribution >= 4 is 24.0 Å². The number of amides is 1. The van der Waals surface area contributed by atoms with E-state index in [9.17, 15) is 4.79 Å². The minimum atomic E-state index is -0.0717. The van der Waals surface area contributed by atoms with Gasteiger partial charge in [-0.1, -0.05) is 0 Å². The molecule has 2 N–H and O–H groups in total. The van der Waals surface area contributed by atoms with Crippen molar-refractivity contribution in [1.82, 2.24) is 5.32 Å². The molecule has 0 aromatic heterocycles. The van der Waals surface area contributed by atoms with E-state index < -0.39 is 0 Å². The molecule has 0 saturated carbocycles. The Morgan fingerprint density at radius 2 is 2.13 bits per heavy atom. The molecule has 1 heterocycles. The van der Waals surface area contributed by atoms with Gasteiger partial charge in [-0.05, 0) is 26.0 Å². The number of carbonyl (C=O) groups excluding carboxylic acids is 1. The van der Waals surface area contributed by atoms with Crippen LogP contribution in [0.5, 0.6) is 11.5 Å². The van der Waals surface area contributed by atoms with Crippen LogP contribution in [-0.2, 0) is 9.53 Å². The number of rotatable bonds is 7. The predicted molar refractivity (Wildman–Crippen MR) is 91.9 cm³/mol. The fourth-order valence-corrected chi connectivity index (χ4v) is 2.32. The van der Waals surface area contributed by atoms with Gasteiger partial charge in [0.25, 0.3) is 0 Å². The summed E-state index contributed by atoms with van der Waals surface area (Å²) in [6.45, 7) is 6.98. The zero-order valence-electron chi connectivity index (χ0n) is 13.6. The Balaban J connectivity index is 0.00000264. The van der Waals surface area contributed by atoms with Crippen LogP contribution in [-0.4, -0.2) is 44.9 Å². The number of hydrogen-bond acceptors (Lipinski definition) is 5. The summed E-state index contributed by atoms with van der Waals surface area (Å²) in [5, 5.41) is 6.17. The zero-order chi connectivity index (χ0) is 15.8. The van der Waals surface area contributed by atoms with Gasteiger partial charge in [-0.25, -0.2) is 0 Å². The Labute approximate surface area is 143 Å². The summed E-state index contributed by atoms with van der Waals surface area (Å²) in [5.41, 5.74) is 0.634. The maximum Gasteiger partial charge on any atom is 0.226 e. The third kappa shape index (κ3) is 6.25. The highest BCUT2D eigenvalue weighted by atomic mass is 35.5. The number of carbonyl (C=O) groups is 1. The van der Waals surface area contributed by atoms with E-state index in [1.165, 1.54) is 0 Å². The van der Waals surface area contributed by atoms with Gasteiger partial charge in [0, 0.05) is 25.1 Å². The molecule has 1 atom stereocenters. The third-order valence-electron chi connectivity index (χ3n) is 3.27. The van der Waals surface area contributed by atoms with Crippen molar-refractivity contribution in [3.63, 3.8) is 0 Å². The molecule has 1 aromatic rings. The molecule has 0 spiro atoms. The van der Waals surface area contributed by atoms with Gasteiger partial charge < -0.3 is 24.8 Å². The van der Waals surface area contributed by atoms with Crippen molar-refractivity contribution in [3.8, 4) is 11.5 Å². The molecule has 1 unspecified atom stereocenters. The molecule has 1 amide bonds. The average molecular weight is 345 g/mol. The molecular formula is C16H25ClN2O4. The second-order valence-corrected chi connectivity index (χ2v) is 5.00. The smallest absolute Gasteiger partial charge is 0.226 e. The van der Waals surface area contributed by atoms with Crippen molar-refractivity contribution < 1.29 is 19.0 Å². The highest BCUT2D eigenvalue weighted by molar-refractivity contribution is 5.93. The van der Waals surface area contributed by atoms with E-state index in [1.807, 2.05) is 26.0 Å². The standard InChI is InChI=1S/C16H24N2O4.ClH/c1-3-21-13-5-6-15(22-4-2)14(10-13)18-16(19)9-12-11-20-8-7-17-12;/h5-6,10,12,17H,3-4,7-9,11H2,1-2H3,(H,18,19);1H. The van der Waals surface area contributed by atoms with Crippen LogP contribution in [0.4, 0.5) is 5.69 Å². The zero-order valence-corrected chi connectivity index (χ0v) is 14.4. The van der Waals surface area contributed by atoms with E-state index in [4.69, 9.17) is 14.2 Å². The van der Waals surface area contributed by atoms with Gasteiger partial charge in [-0.2, -0.15) is 0 Å². The molecule has 1 saturated heterocycles. The average Bonchev–Trinajstić information content (AvgIpc) is 2.51. The molecule has 1 aliphatic rings. The second kappa shape index (κ2) is 10.3. The maximum absolute atomic E-state index is 12.2. The molecule has 1 aromatic carbocycles. The normalized spacial score (nSPS) is 17.0. The molecule has 0 bridgehead atoms. The summed E-state index contributed by atoms with van der Waals surface area (Å²) in [4.78, 5) is 12.2. The predicted octanol–water partition coefficient (Wildman–Crippen LogP) is 2.22. The summed E-state index contributed by atoms with van der Waals surface area (Å²) < 4.78 is 16.4. The minimum Gasteiger partial charge on any atom is -0.494 e. The Bertz CT molecular complexity index is 493. The van der Waals surface area contributed by atoms with Gasteiger partial charge >= 0.3 is 0 Å². The quantitative estimate of drug-likeness (QED) is 0.793. The molecule has 0 aliphatic carbocycles. The second-order valence-electron chi connectivity index (χ2n) is 5.00. The summed E-state index contributed by atoms with van der Waals surface area (Å²) in [7, 11) is 0. The SMILES string of the molecule is CCOc1ccc(OCC)c(NC(=O)CC2COCCN2)c1.Cl. The van der Waals surface area contributed by atoms with Gasteiger partial charge in [0.05, 0.1) is 32.1 Å². The topological polar surface area (TPSA) is 68.8 Å². The molecule has 23 heavy (non-hydrogen) atoms. The van der Waals surface area contributed by atoms with Gasteiger partial charge in [-0.3, -0.25) is 4.79 Å². The third-order valence-corrected chi connectivity index (χ3v) is 3.27. The monoisotopic (exact) mass is 344 g/mol. The highest BCUT2D eigenvalue weighted by Gasteiger charge is 2.18. The lowest BCUT2D eigenvalue weighted by atomic mass is 10.2. The van der Waals surface area contributed by atoms with Crippen LogP contribution in [0.25, 0.3) is 0 Å². The fraction of sp³-hybridized carbons (Fsp3) is 0.562. The van der Waals surface area contributed by atoms with Crippen molar-refractivity contribution in [2.24, 2.45) is 0 Å². The van der Waals surface area contributed by atoms with E-state index in [-0.39, 0.29) is 24.4 Å². The van der Waals surface area contributed by atoms with Gasteiger partial charge in [0.1, 0.15) is 11.5 Å². The Morgan fingerprint density at radius 1 is 1.35 bits per heavy atom. The number of benzene rings is 1. The highest BCUT2D eigenvalue weighted by Crippen LogP contribution is 2.29. The first-order chi connectivity index (χ1) is 10.7. The molecule has 130 valence electrons. The van der Waals surface area contributed by atoms with Crippen LogP contribution in [0.2, 0.25) is 0 Å². The summed E-state index contributed by atoms with van der Waals surface area (Å²) in [6, 6.07) is 5.49. The van der Waals surface area contributed by atoms with Gasteiger partial charge in [0.15, 0.2) is 0 Å². The van der Waals surface area contributed by atoms with Crippen molar-refractivity contribution in [2.45, 2.75) is 26.3 Å². The van der Waals surface area contributed by atoms with Crippen LogP contribution in [0, 0.1) is 0 Å². The lowest BCUT2D eigenvalue weighted by molar-refractivity contribution is -0.117. The molecule has 1 fully saturated rings. The number of ether oxygens (including phenoxy) is 3. The molecular weight excluding hydrogens is 320 g/mol. The van der Waals surface area contributed by atoms with Crippen LogP contribution in [0.3, 0.4) is 0 Å². The van der Waals surface area contributed by atoms with E-state index in [0.29, 0.717) is 50.0 Å². The number of halogens is 1. The van der Waals surface area contributed by atoms with E-state index >= 15 is 0 Å². The first kappa shape index (κ1) is 19.5. The molecule has 1 aliphatic heterocycles. The van der Waals surface area contributed by atoms with Gasteiger partial charge in [0.2, 0.25) is 5.91 Å². The summed E-state index contributed by atoms with van der Waals surface area (Å²) in [5.74, 6) is 1.28.